The van der Waals surface area contributed by atoms with Crippen LogP contribution in [0.4, 0.5) is 0 Å². The number of halogens is 1. The summed E-state index contributed by atoms with van der Waals surface area (Å²) in [4.78, 5) is 0. The van der Waals surface area contributed by atoms with E-state index in [1.807, 2.05) is 6.07 Å². The van der Waals surface area contributed by atoms with E-state index in [1.54, 1.807) is 18.2 Å². The van der Waals surface area contributed by atoms with E-state index in [4.69, 9.17) is 31.1 Å². The van der Waals surface area contributed by atoms with Gasteiger partial charge in [-0.15, -0.1) is 0 Å². The number of ether oxygens (including phenoxy) is 3. The van der Waals surface area contributed by atoms with Crippen LogP contribution in [0.2, 0.25) is 5.02 Å². The smallest absolute Gasteiger partial charge is 0.160 e. The molecule has 1 aromatic rings. The van der Waals surface area contributed by atoms with E-state index in [9.17, 15) is 0 Å². The first-order chi connectivity index (χ1) is 8.81. The molecule has 1 aliphatic heterocycles. The third kappa shape index (κ3) is 3.36. The highest BCUT2D eigenvalue weighted by Gasteiger charge is 2.14. The van der Waals surface area contributed by atoms with Gasteiger partial charge in [0, 0.05) is 6.42 Å². The number of benzene rings is 1. The first kappa shape index (κ1) is 13.2. The van der Waals surface area contributed by atoms with Gasteiger partial charge in [0.2, 0.25) is 0 Å². The highest BCUT2D eigenvalue weighted by molar-refractivity contribution is 6.31. The molecule has 1 heterocycles. The number of hydrogen-bond donors (Lipinski definition) is 0. The molecule has 1 aliphatic rings. The molecule has 1 fully saturated rings. The molecule has 0 N–H and O–H groups in total. The summed E-state index contributed by atoms with van der Waals surface area (Å²) in [5.41, 5.74) is 0.365. The number of hydrogen-bond acceptors (Lipinski definition) is 4. The molecule has 0 saturated carbocycles. The van der Waals surface area contributed by atoms with Gasteiger partial charge in [-0.1, -0.05) is 17.7 Å². The Labute approximate surface area is 111 Å². The minimum absolute atomic E-state index is 0.205. The average Bonchev–Trinajstić information content (AvgIpc) is 2.40. The molecular weight excluding hydrogens is 254 g/mol. The van der Waals surface area contributed by atoms with Crippen molar-refractivity contribution >= 4 is 11.6 Å². The third-order valence-corrected chi connectivity index (χ3v) is 2.91. The van der Waals surface area contributed by atoms with Crippen LogP contribution in [-0.4, -0.2) is 26.1 Å². The topological polar surface area (TPSA) is 51.5 Å². The maximum Gasteiger partial charge on any atom is 0.160 e. The van der Waals surface area contributed by atoms with Crippen molar-refractivity contribution in [3.63, 3.8) is 0 Å². The largest absolute Gasteiger partial charge is 0.492 e. The van der Waals surface area contributed by atoms with Crippen LogP contribution < -0.4 is 4.74 Å². The summed E-state index contributed by atoms with van der Waals surface area (Å²) in [7, 11) is 0. The predicted octanol–water partition coefficient (Wildman–Crippen LogP) is 2.74. The van der Waals surface area contributed by atoms with Crippen molar-refractivity contribution in [3.05, 3.63) is 28.8 Å². The second-order valence-corrected chi connectivity index (χ2v) is 4.29. The van der Waals surface area contributed by atoms with Gasteiger partial charge < -0.3 is 14.2 Å². The first-order valence-electron chi connectivity index (χ1n) is 5.86. The molecule has 0 radical (unpaired) electrons. The van der Waals surface area contributed by atoms with E-state index in [0.29, 0.717) is 29.4 Å². The fraction of sp³-hybridized carbons (Fsp3) is 0.462. The van der Waals surface area contributed by atoms with Crippen LogP contribution in [0, 0.1) is 11.3 Å². The van der Waals surface area contributed by atoms with Gasteiger partial charge in [0.25, 0.3) is 0 Å². The number of rotatable bonds is 4. The van der Waals surface area contributed by atoms with Crippen molar-refractivity contribution in [1.29, 1.82) is 5.26 Å². The Hall–Kier alpha value is -1.28. The van der Waals surface area contributed by atoms with Gasteiger partial charge in [0.15, 0.2) is 6.29 Å². The Bertz CT molecular complexity index is 438. The zero-order valence-corrected chi connectivity index (χ0v) is 10.7. The minimum atomic E-state index is -0.205. The summed E-state index contributed by atoms with van der Waals surface area (Å²) >= 11 is 5.91. The van der Waals surface area contributed by atoms with Gasteiger partial charge in [-0.2, -0.15) is 5.26 Å². The average molecular weight is 268 g/mol. The lowest BCUT2D eigenvalue weighted by atomic mass is 10.2. The summed E-state index contributed by atoms with van der Waals surface area (Å²) in [6.07, 6.45) is 1.37. The molecule has 0 amide bonds. The molecule has 96 valence electrons. The molecule has 0 unspecified atom stereocenters. The SMILES string of the molecule is N#Cc1c(Cl)cccc1OCCC1OCCCO1. The standard InChI is InChI=1S/C13H14ClNO3/c14-11-3-1-4-12(10(11)9-15)16-8-5-13-17-6-2-7-18-13/h1,3-4,13H,2,5-8H2. The molecule has 1 aromatic carbocycles. The van der Waals surface area contributed by atoms with E-state index >= 15 is 0 Å². The van der Waals surface area contributed by atoms with Crippen molar-refractivity contribution in [2.75, 3.05) is 19.8 Å². The monoisotopic (exact) mass is 267 g/mol. The second-order valence-electron chi connectivity index (χ2n) is 3.89. The van der Waals surface area contributed by atoms with Crippen molar-refractivity contribution in [3.8, 4) is 11.8 Å². The fourth-order valence-electron chi connectivity index (χ4n) is 1.70. The van der Waals surface area contributed by atoms with Crippen molar-refractivity contribution in [2.24, 2.45) is 0 Å². The van der Waals surface area contributed by atoms with E-state index in [-0.39, 0.29) is 6.29 Å². The second kappa shape index (κ2) is 6.60. The summed E-state index contributed by atoms with van der Waals surface area (Å²) in [5.74, 6) is 0.501. The van der Waals surface area contributed by atoms with Gasteiger partial charge >= 0.3 is 0 Å². The summed E-state index contributed by atoms with van der Waals surface area (Å²) in [5, 5.41) is 9.39. The highest BCUT2D eigenvalue weighted by Crippen LogP contribution is 2.25. The molecule has 0 bridgehead atoms. The lowest BCUT2D eigenvalue weighted by molar-refractivity contribution is -0.183. The fourth-order valence-corrected chi connectivity index (χ4v) is 1.91. The molecule has 2 rings (SSSR count). The van der Waals surface area contributed by atoms with E-state index < -0.39 is 0 Å². The molecule has 1 saturated heterocycles. The molecule has 4 nitrogen and oxygen atoms in total. The number of nitriles is 1. The number of nitrogens with zero attached hydrogens (tertiary/aromatic N) is 1. The van der Waals surface area contributed by atoms with Crippen LogP contribution in [-0.2, 0) is 9.47 Å². The van der Waals surface area contributed by atoms with Gasteiger partial charge in [0.1, 0.15) is 17.4 Å². The molecular formula is C13H14ClNO3. The van der Waals surface area contributed by atoms with Crippen LogP contribution >= 0.6 is 11.6 Å². The Morgan fingerprint density at radius 3 is 2.89 bits per heavy atom. The molecule has 0 atom stereocenters. The minimum Gasteiger partial charge on any atom is -0.492 e. The summed E-state index contributed by atoms with van der Waals surface area (Å²) < 4.78 is 16.4. The van der Waals surface area contributed by atoms with Gasteiger partial charge in [-0.05, 0) is 18.6 Å². The van der Waals surface area contributed by atoms with Crippen LogP contribution in [0.25, 0.3) is 0 Å². The summed E-state index contributed by atoms with van der Waals surface area (Å²) in [6, 6.07) is 7.19. The van der Waals surface area contributed by atoms with Gasteiger partial charge in [-0.3, -0.25) is 0 Å². The van der Waals surface area contributed by atoms with Crippen molar-refractivity contribution in [1.82, 2.24) is 0 Å². The van der Waals surface area contributed by atoms with Gasteiger partial charge in [-0.25, -0.2) is 0 Å². The zero-order valence-electron chi connectivity index (χ0n) is 9.89. The third-order valence-electron chi connectivity index (χ3n) is 2.59. The zero-order chi connectivity index (χ0) is 12.8. The van der Waals surface area contributed by atoms with Crippen LogP contribution in [0.15, 0.2) is 18.2 Å². The van der Waals surface area contributed by atoms with E-state index in [1.165, 1.54) is 0 Å². The normalized spacial score (nSPS) is 16.2. The van der Waals surface area contributed by atoms with E-state index in [0.717, 1.165) is 19.6 Å². The van der Waals surface area contributed by atoms with Gasteiger partial charge in [0.05, 0.1) is 24.8 Å². The van der Waals surface area contributed by atoms with Crippen molar-refractivity contribution in [2.45, 2.75) is 19.1 Å². The van der Waals surface area contributed by atoms with Crippen LogP contribution in [0.1, 0.15) is 18.4 Å². The van der Waals surface area contributed by atoms with E-state index in [2.05, 4.69) is 0 Å². The van der Waals surface area contributed by atoms with Crippen molar-refractivity contribution < 1.29 is 14.2 Å². The Morgan fingerprint density at radius 2 is 2.17 bits per heavy atom. The Kier molecular flexibility index (Phi) is 4.82. The Balaban J connectivity index is 1.86. The molecule has 0 spiro atoms. The quantitative estimate of drug-likeness (QED) is 0.842. The molecule has 5 heteroatoms. The lowest BCUT2D eigenvalue weighted by Crippen LogP contribution is -2.26. The first-order valence-corrected chi connectivity index (χ1v) is 6.23. The lowest BCUT2D eigenvalue weighted by Gasteiger charge is -2.23. The molecule has 0 aliphatic carbocycles. The summed E-state index contributed by atoms with van der Waals surface area (Å²) in [6.45, 7) is 1.89. The molecule has 0 aromatic heterocycles. The predicted molar refractivity (Wildman–Crippen MR) is 66.6 cm³/mol. The maximum atomic E-state index is 8.98. The Morgan fingerprint density at radius 1 is 1.39 bits per heavy atom. The van der Waals surface area contributed by atoms with Crippen LogP contribution in [0.3, 0.4) is 0 Å². The molecule has 18 heavy (non-hydrogen) atoms. The maximum absolute atomic E-state index is 8.98. The van der Waals surface area contributed by atoms with Crippen LogP contribution in [0.5, 0.6) is 5.75 Å². The highest BCUT2D eigenvalue weighted by atomic mass is 35.5.